The van der Waals surface area contributed by atoms with Gasteiger partial charge < -0.3 is 9.80 Å². The van der Waals surface area contributed by atoms with Crippen LogP contribution in [0.5, 0.6) is 0 Å². The molecule has 1 saturated heterocycles. The van der Waals surface area contributed by atoms with Crippen molar-refractivity contribution in [2.24, 2.45) is 5.41 Å². The number of rotatable bonds is 3. The Kier molecular flexibility index (Phi) is 4.20. The molecule has 0 aromatic rings. The quantitative estimate of drug-likeness (QED) is 0.702. The molecule has 0 atom stereocenters. The molecule has 0 aromatic heterocycles. The van der Waals surface area contributed by atoms with Gasteiger partial charge >= 0.3 is 0 Å². The van der Waals surface area contributed by atoms with Crippen molar-refractivity contribution in [2.45, 2.75) is 13.8 Å². The van der Waals surface area contributed by atoms with E-state index >= 15 is 0 Å². The van der Waals surface area contributed by atoms with Crippen molar-refractivity contribution in [3.63, 3.8) is 0 Å². The summed E-state index contributed by atoms with van der Waals surface area (Å²) in [7, 11) is 2.20. The summed E-state index contributed by atoms with van der Waals surface area (Å²) in [4.78, 5) is 4.97. The number of halogens is 1. The van der Waals surface area contributed by atoms with Crippen molar-refractivity contribution in [2.75, 3.05) is 45.1 Å². The first-order chi connectivity index (χ1) is 6.03. The Bertz CT molecular complexity index is 151. The van der Waals surface area contributed by atoms with Crippen LogP contribution in [0.3, 0.4) is 0 Å². The molecule has 0 radical (unpaired) electrons. The number of piperazine rings is 1. The molecular formula is C10H21BrN2. The summed E-state index contributed by atoms with van der Waals surface area (Å²) in [6.45, 7) is 10.8. The maximum absolute atomic E-state index is 3.57. The maximum atomic E-state index is 3.57. The third kappa shape index (κ3) is 3.96. The molecule has 1 heterocycles. The lowest BCUT2D eigenvalue weighted by molar-refractivity contribution is 0.119. The average molecular weight is 249 g/mol. The van der Waals surface area contributed by atoms with Gasteiger partial charge in [0.15, 0.2) is 0 Å². The third-order valence-corrected chi connectivity index (χ3v) is 4.13. The van der Waals surface area contributed by atoms with Gasteiger partial charge in [0.2, 0.25) is 0 Å². The van der Waals surface area contributed by atoms with Crippen LogP contribution >= 0.6 is 15.9 Å². The molecule has 1 aliphatic rings. The highest BCUT2D eigenvalue weighted by atomic mass is 79.9. The SMILES string of the molecule is CN1CCN(CC(C)(C)CBr)CC1. The molecule has 2 nitrogen and oxygen atoms in total. The van der Waals surface area contributed by atoms with E-state index in [0.717, 1.165) is 5.33 Å². The minimum atomic E-state index is 0.413. The van der Waals surface area contributed by atoms with Crippen LogP contribution in [-0.4, -0.2) is 54.9 Å². The molecule has 1 aliphatic heterocycles. The first-order valence-electron chi connectivity index (χ1n) is 5.00. The number of alkyl halides is 1. The number of hydrogen-bond acceptors (Lipinski definition) is 2. The van der Waals surface area contributed by atoms with Crippen molar-refractivity contribution in [3.8, 4) is 0 Å². The molecule has 1 fully saturated rings. The highest BCUT2D eigenvalue weighted by molar-refractivity contribution is 9.09. The lowest BCUT2D eigenvalue weighted by Gasteiger charge is -2.37. The van der Waals surface area contributed by atoms with E-state index in [1.54, 1.807) is 0 Å². The van der Waals surface area contributed by atoms with Crippen LogP contribution in [0.2, 0.25) is 0 Å². The molecule has 0 aromatic carbocycles. The van der Waals surface area contributed by atoms with E-state index in [4.69, 9.17) is 0 Å². The second-order valence-electron chi connectivity index (χ2n) is 4.88. The smallest absolute Gasteiger partial charge is 0.0110 e. The van der Waals surface area contributed by atoms with Gasteiger partial charge in [-0.25, -0.2) is 0 Å². The predicted octanol–water partition coefficient (Wildman–Crippen LogP) is 1.65. The Morgan fingerprint density at radius 1 is 1.15 bits per heavy atom. The molecule has 0 spiro atoms. The molecule has 0 bridgehead atoms. The minimum Gasteiger partial charge on any atom is -0.304 e. The van der Waals surface area contributed by atoms with Gasteiger partial charge in [-0.15, -0.1) is 0 Å². The summed E-state index contributed by atoms with van der Waals surface area (Å²) in [6.07, 6.45) is 0. The molecule has 0 aliphatic carbocycles. The van der Waals surface area contributed by atoms with Crippen molar-refractivity contribution < 1.29 is 0 Å². The number of likely N-dealkylation sites (N-methyl/N-ethyl adjacent to an activating group) is 1. The maximum Gasteiger partial charge on any atom is 0.0110 e. The molecule has 0 unspecified atom stereocenters. The lowest BCUT2D eigenvalue weighted by atomic mass is 9.95. The summed E-state index contributed by atoms with van der Waals surface area (Å²) in [6, 6.07) is 0. The molecule has 3 heteroatoms. The van der Waals surface area contributed by atoms with Crippen LogP contribution < -0.4 is 0 Å². The first-order valence-corrected chi connectivity index (χ1v) is 6.12. The van der Waals surface area contributed by atoms with Crippen LogP contribution in [0, 0.1) is 5.41 Å². The monoisotopic (exact) mass is 248 g/mol. The van der Waals surface area contributed by atoms with Crippen LogP contribution in [-0.2, 0) is 0 Å². The Labute approximate surface area is 90.4 Å². The molecule has 0 saturated carbocycles. The first kappa shape index (κ1) is 11.5. The third-order valence-electron chi connectivity index (χ3n) is 2.61. The molecule has 13 heavy (non-hydrogen) atoms. The van der Waals surface area contributed by atoms with Crippen LogP contribution in [0.25, 0.3) is 0 Å². The van der Waals surface area contributed by atoms with E-state index in [9.17, 15) is 0 Å². The Morgan fingerprint density at radius 3 is 2.15 bits per heavy atom. The standard InChI is InChI=1S/C10H21BrN2/c1-10(2,8-11)9-13-6-4-12(3)5-7-13/h4-9H2,1-3H3. The van der Waals surface area contributed by atoms with Crippen LogP contribution in [0.4, 0.5) is 0 Å². The molecule has 0 amide bonds. The fraction of sp³-hybridized carbons (Fsp3) is 1.00. The fourth-order valence-electron chi connectivity index (χ4n) is 1.65. The fourth-order valence-corrected chi connectivity index (χ4v) is 1.83. The molecular weight excluding hydrogens is 228 g/mol. The number of hydrogen-bond donors (Lipinski definition) is 0. The highest BCUT2D eigenvalue weighted by Gasteiger charge is 2.22. The van der Waals surface area contributed by atoms with Gasteiger partial charge in [-0.1, -0.05) is 29.8 Å². The van der Waals surface area contributed by atoms with Gasteiger partial charge in [0.05, 0.1) is 0 Å². The van der Waals surface area contributed by atoms with Crippen LogP contribution in [0.15, 0.2) is 0 Å². The molecule has 0 N–H and O–H groups in total. The summed E-state index contributed by atoms with van der Waals surface area (Å²) < 4.78 is 0. The summed E-state index contributed by atoms with van der Waals surface area (Å²) in [5.41, 5.74) is 0.413. The van der Waals surface area contributed by atoms with Crippen LogP contribution in [0.1, 0.15) is 13.8 Å². The number of nitrogens with zero attached hydrogens (tertiary/aromatic N) is 2. The van der Waals surface area contributed by atoms with E-state index in [-0.39, 0.29) is 0 Å². The lowest BCUT2D eigenvalue weighted by Crippen LogP contribution is -2.47. The summed E-state index contributed by atoms with van der Waals surface area (Å²) in [5, 5.41) is 1.09. The second-order valence-corrected chi connectivity index (χ2v) is 5.44. The van der Waals surface area contributed by atoms with Gasteiger partial charge in [0.25, 0.3) is 0 Å². The summed E-state index contributed by atoms with van der Waals surface area (Å²) in [5.74, 6) is 0. The second kappa shape index (κ2) is 4.76. The van der Waals surface area contributed by atoms with E-state index in [1.807, 2.05) is 0 Å². The topological polar surface area (TPSA) is 6.48 Å². The largest absolute Gasteiger partial charge is 0.304 e. The predicted molar refractivity (Wildman–Crippen MR) is 61.5 cm³/mol. The zero-order valence-electron chi connectivity index (χ0n) is 9.02. The Balaban J connectivity index is 2.30. The van der Waals surface area contributed by atoms with Gasteiger partial charge in [-0.05, 0) is 12.5 Å². The van der Waals surface area contributed by atoms with Crippen molar-refractivity contribution in [1.82, 2.24) is 9.80 Å². The normalized spacial score (nSPS) is 22.2. The highest BCUT2D eigenvalue weighted by Crippen LogP contribution is 2.20. The van der Waals surface area contributed by atoms with E-state index in [0.29, 0.717) is 5.41 Å². The minimum absolute atomic E-state index is 0.413. The Hall–Kier alpha value is 0.400. The van der Waals surface area contributed by atoms with Crippen molar-refractivity contribution in [1.29, 1.82) is 0 Å². The van der Waals surface area contributed by atoms with E-state index < -0.39 is 0 Å². The zero-order valence-corrected chi connectivity index (χ0v) is 10.6. The van der Waals surface area contributed by atoms with Gasteiger partial charge in [0, 0.05) is 38.1 Å². The summed E-state index contributed by atoms with van der Waals surface area (Å²) >= 11 is 3.57. The Morgan fingerprint density at radius 2 is 1.69 bits per heavy atom. The molecule has 1 rings (SSSR count). The molecule has 78 valence electrons. The van der Waals surface area contributed by atoms with Gasteiger partial charge in [0.1, 0.15) is 0 Å². The average Bonchev–Trinajstić information content (AvgIpc) is 2.09. The zero-order chi connectivity index (χ0) is 9.90. The van der Waals surface area contributed by atoms with Crippen molar-refractivity contribution >= 4 is 15.9 Å². The van der Waals surface area contributed by atoms with Crippen molar-refractivity contribution in [3.05, 3.63) is 0 Å². The van der Waals surface area contributed by atoms with Gasteiger partial charge in [-0.3, -0.25) is 0 Å². The van der Waals surface area contributed by atoms with E-state index in [1.165, 1.54) is 32.7 Å². The van der Waals surface area contributed by atoms with Gasteiger partial charge in [-0.2, -0.15) is 0 Å². The van der Waals surface area contributed by atoms with E-state index in [2.05, 4.69) is 46.6 Å².